The Morgan fingerprint density at radius 3 is 2.31 bits per heavy atom. The normalized spacial score (nSPS) is 12.3. The minimum atomic E-state index is -0.587. The second kappa shape index (κ2) is 7.14. The van der Waals surface area contributed by atoms with Gasteiger partial charge in [-0.2, -0.15) is 0 Å². The number of carbonyl (C=O) groups excluding carboxylic acids is 1. The van der Waals surface area contributed by atoms with Gasteiger partial charge in [-0.3, -0.25) is 4.79 Å². The van der Waals surface area contributed by atoms with E-state index >= 15 is 0 Å². The van der Waals surface area contributed by atoms with E-state index in [-0.39, 0.29) is 18.1 Å². The van der Waals surface area contributed by atoms with Crippen molar-refractivity contribution in [2.24, 2.45) is 5.41 Å². The first-order valence-electron chi connectivity index (χ1n) is 8.95. The van der Waals surface area contributed by atoms with Gasteiger partial charge in [-0.25, -0.2) is 4.79 Å². The van der Waals surface area contributed by atoms with Crippen molar-refractivity contribution in [2.45, 2.75) is 60.6 Å². The molecule has 0 atom stereocenters. The molecule has 1 aromatic heterocycles. The summed E-state index contributed by atoms with van der Waals surface area (Å²) in [4.78, 5) is 26.2. The number of fused-ring (bicyclic) bond motifs is 1. The highest BCUT2D eigenvalue weighted by molar-refractivity contribution is 5.84. The SMILES string of the molecule is CCN(c1ccc2c(COC(=O)C(C)(C)C)cc(=O)oc2c1)C(C)(C)C. The Kier molecular flexibility index (Phi) is 5.49. The summed E-state index contributed by atoms with van der Waals surface area (Å²) in [7, 11) is 0. The number of ether oxygens (including phenoxy) is 1. The van der Waals surface area contributed by atoms with E-state index in [1.165, 1.54) is 6.07 Å². The lowest BCUT2D eigenvalue weighted by atomic mass is 9.97. The molecule has 0 fully saturated rings. The lowest BCUT2D eigenvalue weighted by Crippen LogP contribution is -2.41. The average molecular weight is 359 g/mol. The standard InChI is InChI=1S/C21H29NO4/c1-8-22(21(5,6)7)15-9-10-16-14(11-18(23)26-17(16)12-15)13-25-19(24)20(2,3)4/h9-12H,8,13H2,1-7H3. The zero-order valence-electron chi connectivity index (χ0n) is 16.8. The molecule has 1 aromatic carbocycles. The van der Waals surface area contributed by atoms with Gasteiger partial charge in [-0.1, -0.05) is 0 Å². The summed E-state index contributed by atoms with van der Waals surface area (Å²) in [6, 6.07) is 7.19. The van der Waals surface area contributed by atoms with Crippen LogP contribution >= 0.6 is 0 Å². The predicted octanol–water partition coefficient (Wildman–Crippen LogP) is 4.51. The first-order valence-corrected chi connectivity index (χ1v) is 8.95. The molecular formula is C21H29NO4. The van der Waals surface area contributed by atoms with E-state index in [0.717, 1.165) is 17.6 Å². The second-order valence-corrected chi connectivity index (χ2v) is 8.51. The average Bonchev–Trinajstić information content (AvgIpc) is 2.50. The third-order valence-electron chi connectivity index (χ3n) is 4.22. The fourth-order valence-electron chi connectivity index (χ4n) is 2.91. The molecule has 0 spiro atoms. The van der Waals surface area contributed by atoms with E-state index < -0.39 is 11.0 Å². The van der Waals surface area contributed by atoms with Gasteiger partial charge >= 0.3 is 11.6 Å². The summed E-state index contributed by atoms with van der Waals surface area (Å²) in [6.45, 7) is 14.8. The molecule has 0 aliphatic rings. The quantitative estimate of drug-likeness (QED) is 0.594. The maximum atomic E-state index is 12.0. The molecule has 1 heterocycles. The van der Waals surface area contributed by atoms with Crippen molar-refractivity contribution in [3.05, 3.63) is 40.2 Å². The monoisotopic (exact) mass is 359 g/mol. The highest BCUT2D eigenvalue weighted by atomic mass is 16.5. The van der Waals surface area contributed by atoms with Crippen molar-refractivity contribution in [3.63, 3.8) is 0 Å². The first kappa shape index (κ1) is 20.0. The molecule has 0 aliphatic heterocycles. The van der Waals surface area contributed by atoms with E-state index in [9.17, 15) is 9.59 Å². The smallest absolute Gasteiger partial charge is 0.336 e. The Morgan fingerprint density at radius 1 is 1.12 bits per heavy atom. The number of hydrogen-bond donors (Lipinski definition) is 0. The molecule has 0 unspecified atom stereocenters. The van der Waals surface area contributed by atoms with Gasteiger partial charge in [0.1, 0.15) is 12.2 Å². The van der Waals surface area contributed by atoms with Crippen LogP contribution in [0.3, 0.4) is 0 Å². The van der Waals surface area contributed by atoms with Crippen LogP contribution in [0.4, 0.5) is 5.69 Å². The van der Waals surface area contributed by atoms with Gasteiger partial charge in [0.2, 0.25) is 0 Å². The number of hydrogen-bond acceptors (Lipinski definition) is 5. The number of rotatable bonds is 4. The molecule has 0 saturated heterocycles. The van der Waals surface area contributed by atoms with E-state index in [1.54, 1.807) is 20.8 Å². The molecule has 2 rings (SSSR count). The third-order valence-corrected chi connectivity index (χ3v) is 4.22. The summed E-state index contributed by atoms with van der Waals surface area (Å²) < 4.78 is 10.8. The van der Waals surface area contributed by atoms with Gasteiger partial charge in [-0.15, -0.1) is 0 Å². The lowest BCUT2D eigenvalue weighted by Gasteiger charge is -2.37. The Morgan fingerprint density at radius 2 is 1.77 bits per heavy atom. The maximum absolute atomic E-state index is 12.0. The highest BCUT2D eigenvalue weighted by Crippen LogP contribution is 2.28. The van der Waals surface area contributed by atoms with Crippen molar-refractivity contribution < 1.29 is 13.9 Å². The molecule has 0 saturated carbocycles. The van der Waals surface area contributed by atoms with Crippen LogP contribution in [0.15, 0.2) is 33.5 Å². The molecule has 0 bridgehead atoms. The van der Waals surface area contributed by atoms with Crippen LogP contribution in [0.2, 0.25) is 0 Å². The summed E-state index contributed by atoms with van der Waals surface area (Å²) >= 11 is 0. The molecule has 0 radical (unpaired) electrons. The molecule has 26 heavy (non-hydrogen) atoms. The van der Waals surface area contributed by atoms with Crippen LogP contribution in [-0.2, 0) is 16.1 Å². The van der Waals surface area contributed by atoms with Crippen LogP contribution in [0.25, 0.3) is 11.0 Å². The fourth-order valence-corrected chi connectivity index (χ4v) is 2.91. The maximum Gasteiger partial charge on any atom is 0.336 e. The minimum Gasteiger partial charge on any atom is -0.460 e. The molecule has 2 aromatic rings. The number of benzene rings is 1. The third kappa shape index (κ3) is 4.45. The summed E-state index contributed by atoms with van der Waals surface area (Å²) in [5.74, 6) is -0.305. The van der Waals surface area contributed by atoms with Gasteiger partial charge < -0.3 is 14.1 Å². The largest absolute Gasteiger partial charge is 0.460 e. The molecule has 0 amide bonds. The van der Waals surface area contributed by atoms with Crippen molar-refractivity contribution in [1.29, 1.82) is 0 Å². The van der Waals surface area contributed by atoms with Crippen LogP contribution in [0.5, 0.6) is 0 Å². The molecule has 5 nitrogen and oxygen atoms in total. The van der Waals surface area contributed by atoms with Crippen molar-refractivity contribution >= 4 is 22.6 Å². The molecule has 0 N–H and O–H groups in total. The minimum absolute atomic E-state index is 0.0499. The van der Waals surface area contributed by atoms with Crippen molar-refractivity contribution in [2.75, 3.05) is 11.4 Å². The van der Waals surface area contributed by atoms with Gasteiger partial charge in [0.15, 0.2) is 0 Å². The van der Waals surface area contributed by atoms with Gasteiger partial charge in [0.25, 0.3) is 0 Å². The van der Waals surface area contributed by atoms with E-state index in [2.05, 4.69) is 32.6 Å². The Balaban J connectivity index is 2.42. The number of anilines is 1. The first-order chi connectivity index (χ1) is 11.9. The molecule has 0 aliphatic carbocycles. The Bertz CT molecular complexity index is 853. The topological polar surface area (TPSA) is 59.8 Å². The highest BCUT2D eigenvalue weighted by Gasteiger charge is 2.24. The van der Waals surface area contributed by atoms with Crippen LogP contribution in [0, 0.1) is 5.41 Å². The van der Waals surface area contributed by atoms with Gasteiger partial charge in [-0.05, 0) is 60.6 Å². The zero-order chi connectivity index (χ0) is 19.7. The van der Waals surface area contributed by atoms with Crippen LogP contribution in [0.1, 0.15) is 54.0 Å². The summed E-state index contributed by atoms with van der Waals surface area (Å²) in [5.41, 5.74) is 1.05. The van der Waals surface area contributed by atoms with Crippen LogP contribution < -0.4 is 10.5 Å². The molecule has 142 valence electrons. The zero-order valence-corrected chi connectivity index (χ0v) is 16.8. The van der Waals surface area contributed by atoms with Gasteiger partial charge in [0.05, 0.1) is 5.41 Å². The number of nitrogens with zero attached hydrogens (tertiary/aromatic N) is 1. The van der Waals surface area contributed by atoms with Crippen molar-refractivity contribution in [1.82, 2.24) is 0 Å². The Labute approximate surface area is 154 Å². The van der Waals surface area contributed by atoms with Gasteiger partial charge in [0, 0.05) is 40.9 Å². The van der Waals surface area contributed by atoms with E-state index in [1.807, 2.05) is 18.2 Å². The number of esters is 1. The van der Waals surface area contributed by atoms with E-state index in [4.69, 9.17) is 9.15 Å². The lowest BCUT2D eigenvalue weighted by molar-refractivity contribution is -0.154. The van der Waals surface area contributed by atoms with Crippen LogP contribution in [-0.4, -0.2) is 18.1 Å². The molecular weight excluding hydrogens is 330 g/mol. The Hall–Kier alpha value is -2.30. The molecule has 5 heteroatoms. The fraction of sp³-hybridized carbons (Fsp3) is 0.524. The van der Waals surface area contributed by atoms with E-state index in [0.29, 0.717) is 11.1 Å². The number of carbonyl (C=O) groups is 1. The summed E-state index contributed by atoms with van der Waals surface area (Å²) in [5, 5.41) is 0.778. The van der Waals surface area contributed by atoms with Crippen molar-refractivity contribution in [3.8, 4) is 0 Å². The summed E-state index contributed by atoms with van der Waals surface area (Å²) in [6.07, 6.45) is 0. The predicted molar refractivity (Wildman–Crippen MR) is 105 cm³/mol. The second-order valence-electron chi connectivity index (χ2n) is 8.51.